The monoisotopic (exact) mass is 390 g/mol. The van der Waals surface area contributed by atoms with Crippen LogP contribution in [0, 0.1) is 29.1 Å². The van der Waals surface area contributed by atoms with Gasteiger partial charge in [-0.3, -0.25) is 0 Å². The van der Waals surface area contributed by atoms with Crippen molar-refractivity contribution in [2.24, 2.45) is 0 Å². The highest BCUT2D eigenvalue weighted by molar-refractivity contribution is 5.39. The van der Waals surface area contributed by atoms with Crippen molar-refractivity contribution in [3.63, 3.8) is 0 Å². The molecule has 0 amide bonds. The minimum Gasteiger partial charge on any atom is -0.356 e. The van der Waals surface area contributed by atoms with Crippen LogP contribution in [0.4, 0.5) is 35.1 Å². The average molecular weight is 390 g/mol. The van der Waals surface area contributed by atoms with Gasteiger partial charge in [-0.2, -0.15) is 18.3 Å². The second kappa shape index (κ2) is 7.19. The molecule has 0 spiro atoms. The summed E-state index contributed by atoms with van der Waals surface area (Å²) in [5, 5.41) is 3.32. The van der Waals surface area contributed by atoms with E-state index >= 15 is 0 Å². The van der Waals surface area contributed by atoms with Crippen LogP contribution in [0.2, 0.25) is 0 Å². The lowest BCUT2D eigenvalue weighted by molar-refractivity contribution is -0.142. The van der Waals surface area contributed by atoms with Gasteiger partial charge in [0.15, 0.2) is 29.6 Å². The van der Waals surface area contributed by atoms with Crippen molar-refractivity contribution in [3.8, 4) is 5.69 Å². The van der Waals surface area contributed by atoms with Crippen LogP contribution in [0.5, 0.6) is 0 Å². The summed E-state index contributed by atoms with van der Waals surface area (Å²) in [6, 6.07) is 0.392. The summed E-state index contributed by atoms with van der Waals surface area (Å²) in [6.45, 7) is 0. The van der Waals surface area contributed by atoms with Crippen LogP contribution in [0.3, 0.4) is 0 Å². The number of alkyl halides is 3. The Labute approximate surface area is 140 Å². The molecule has 0 saturated carbocycles. The third-order valence-electron chi connectivity index (χ3n) is 3.35. The van der Waals surface area contributed by atoms with Crippen molar-refractivity contribution in [2.75, 3.05) is 14.2 Å². The maximum absolute atomic E-state index is 13.9. The van der Waals surface area contributed by atoms with Crippen molar-refractivity contribution in [1.29, 1.82) is 0 Å². The topological polar surface area (TPSA) is 36.3 Å². The normalized spacial score (nSPS) is 12.3. The SMILES string of the molecule is COC(Cc1cc(C(F)(F)F)n(-c2c(F)c(F)c(F)c(F)c2F)n1)OC. The Morgan fingerprint density at radius 2 is 1.38 bits per heavy atom. The first-order chi connectivity index (χ1) is 12.0. The maximum Gasteiger partial charge on any atom is 0.433 e. The molecule has 0 aliphatic heterocycles. The minimum absolute atomic E-state index is 0.377. The fourth-order valence-electron chi connectivity index (χ4n) is 2.12. The van der Waals surface area contributed by atoms with E-state index in [1.807, 2.05) is 0 Å². The lowest BCUT2D eigenvalue weighted by Gasteiger charge is -2.13. The molecule has 0 bridgehead atoms. The van der Waals surface area contributed by atoms with Gasteiger partial charge < -0.3 is 9.47 Å². The van der Waals surface area contributed by atoms with E-state index in [0.717, 1.165) is 0 Å². The number of nitrogens with zero attached hydrogens (tertiary/aromatic N) is 2. The molecule has 26 heavy (non-hydrogen) atoms. The number of ether oxygens (including phenoxy) is 2. The number of hydrogen-bond donors (Lipinski definition) is 0. The van der Waals surface area contributed by atoms with Gasteiger partial charge in [0.05, 0.1) is 5.69 Å². The summed E-state index contributed by atoms with van der Waals surface area (Å²) in [7, 11) is 2.36. The molecule has 1 aromatic carbocycles. The molecule has 2 aromatic rings. The van der Waals surface area contributed by atoms with Gasteiger partial charge in [0.1, 0.15) is 11.4 Å². The highest BCUT2D eigenvalue weighted by Gasteiger charge is 2.39. The summed E-state index contributed by atoms with van der Waals surface area (Å²) in [5.74, 6) is -12.2. The predicted octanol–water partition coefficient (Wildman–Crippen LogP) is 3.75. The average Bonchev–Trinajstić information content (AvgIpc) is 3.00. The van der Waals surface area contributed by atoms with Crippen LogP contribution in [-0.2, 0) is 22.1 Å². The molecule has 12 heteroatoms. The van der Waals surface area contributed by atoms with Crippen molar-refractivity contribution in [2.45, 2.75) is 18.9 Å². The molecule has 0 saturated heterocycles. The zero-order valence-electron chi connectivity index (χ0n) is 13.1. The van der Waals surface area contributed by atoms with Crippen molar-refractivity contribution < 1.29 is 44.6 Å². The van der Waals surface area contributed by atoms with E-state index in [1.165, 1.54) is 14.2 Å². The van der Waals surface area contributed by atoms with Crippen LogP contribution in [0.25, 0.3) is 5.69 Å². The van der Waals surface area contributed by atoms with Crippen molar-refractivity contribution in [3.05, 3.63) is 46.5 Å². The number of aromatic nitrogens is 2. The Hall–Kier alpha value is -2.21. The van der Waals surface area contributed by atoms with Crippen LogP contribution in [0.15, 0.2) is 6.07 Å². The molecule has 4 nitrogen and oxygen atoms in total. The van der Waals surface area contributed by atoms with E-state index in [0.29, 0.717) is 6.07 Å². The molecule has 1 heterocycles. The zero-order chi connectivity index (χ0) is 19.8. The molecule has 2 rings (SSSR count). The molecule has 1 aromatic heterocycles. The molecular formula is C14H10F8N2O2. The largest absolute Gasteiger partial charge is 0.433 e. The second-order valence-electron chi connectivity index (χ2n) is 4.95. The fraction of sp³-hybridized carbons (Fsp3) is 0.357. The third-order valence-corrected chi connectivity index (χ3v) is 3.35. The minimum atomic E-state index is -5.19. The Kier molecular flexibility index (Phi) is 5.56. The molecule has 0 radical (unpaired) electrons. The molecule has 0 aliphatic rings. The van der Waals surface area contributed by atoms with Crippen molar-refractivity contribution >= 4 is 0 Å². The highest BCUT2D eigenvalue weighted by atomic mass is 19.4. The summed E-state index contributed by atoms with van der Waals surface area (Å²) < 4.78 is 116. The third kappa shape index (κ3) is 3.51. The second-order valence-corrected chi connectivity index (χ2v) is 4.95. The molecule has 0 aliphatic carbocycles. The van der Waals surface area contributed by atoms with Gasteiger partial charge in [-0.25, -0.2) is 26.6 Å². The summed E-state index contributed by atoms with van der Waals surface area (Å²) in [5.41, 5.74) is -3.98. The first-order valence-corrected chi connectivity index (χ1v) is 6.76. The summed E-state index contributed by atoms with van der Waals surface area (Å²) >= 11 is 0. The number of hydrogen-bond acceptors (Lipinski definition) is 3. The van der Waals surface area contributed by atoms with E-state index in [1.54, 1.807) is 0 Å². The Morgan fingerprint density at radius 1 is 0.923 bits per heavy atom. The van der Waals surface area contributed by atoms with Crippen LogP contribution < -0.4 is 0 Å². The van der Waals surface area contributed by atoms with Gasteiger partial charge in [0.25, 0.3) is 0 Å². The van der Waals surface area contributed by atoms with Crippen LogP contribution in [-0.4, -0.2) is 30.3 Å². The zero-order valence-corrected chi connectivity index (χ0v) is 13.1. The molecule has 0 fully saturated rings. The van der Waals surface area contributed by atoms with Crippen LogP contribution >= 0.6 is 0 Å². The number of methoxy groups -OCH3 is 2. The number of halogens is 8. The lowest BCUT2D eigenvalue weighted by atomic mass is 10.2. The summed E-state index contributed by atoms with van der Waals surface area (Å²) in [6.07, 6.45) is -6.62. The number of rotatable bonds is 5. The first kappa shape index (κ1) is 20.1. The quantitative estimate of drug-likeness (QED) is 0.338. The maximum atomic E-state index is 13.9. The van der Waals surface area contributed by atoms with E-state index < -0.39 is 58.6 Å². The Bertz CT molecular complexity index is 785. The molecular weight excluding hydrogens is 380 g/mol. The van der Waals surface area contributed by atoms with E-state index in [9.17, 15) is 35.1 Å². The van der Waals surface area contributed by atoms with Gasteiger partial charge in [-0.15, -0.1) is 0 Å². The van der Waals surface area contributed by atoms with Gasteiger partial charge in [-0.05, 0) is 6.07 Å². The standard InChI is InChI=1S/C14H10F8N2O2/c1-25-7(26-2)4-5-3-6(14(20,21)22)24(23-5)13-11(18)9(16)8(15)10(17)12(13)19/h3,7H,4H2,1-2H3. The molecule has 0 atom stereocenters. The van der Waals surface area contributed by atoms with Crippen LogP contribution in [0.1, 0.15) is 11.4 Å². The van der Waals surface area contributed by atoms with E-state index in [2.05, 4.69) is 5.10 Å². The van der Waals surface area contributed by atoms with E-state index in [-0.39, 0.29) is 11.1 Å². The fourth-order valence-corrected chi connectivity index (χ4v) is 2.12. The predicted molar refractivity (Wildman–Crippen MR) is 69.9 cm³/mol. The lowest BCUT2D eigenvalue weighted by Crippen LogP contribution is -2.18. The molecule has 144 valence electrons. The Balaban J connectivity index is 2.72. The van der Waals surface area contributed by atoms with Gasteiger partial charge >= 0.3 is 6.18 Å². The highest BCUT2D eigenvalue weighted by Crippen LogP contribution is 2.34. The Morgan fingerprint density at radius 3 is 1.81 bits per heavy atom. The molecule has 0 unspecified atom stereocenters. The summed E-state index contributed by atoms with van der Waals surface area (Å²) in [4.78, 5) is 0. The van der Waals surface area contributed by atoms with E-state index in [4.69, 9.17) is 9.47 Å². The number of benzene rings is 1. The molecule has 0 N–H and O–H groups in total. The first-order valence-electron chi connectivity index (χ1n) is 6.76. The van der Waals surface area contributed by atoms with Crippen molar-refractivity contribution in [1.82, 2.24) is 9.78 Å². The van der Waals surface area contributed by atoms with Gasteiger partial charge in [0, 0.05) is 20.6 Å². The van der Waals surface area contributed by atoms with Gasteiger partial charge in [0.2, 0.25) is 5.82 Å². The smallest absolute Gasteiger partial charge is 0.356 e. The van der Waals surface area contributed by atoms with Gasteiger partial charge in [-0.1, -0.05) is 0 Å².